The van der Waals surface area contributed by atoms with E-state index in [0.29, 0.717) is 0 Å². The van der Waals surface area contributed by atoms with E-state index in [-0.39, 0.29) is 16.6 Å². The molecule has 3 fully saturated rings. The van der Waals surface area contributed by atoms with Gasteiger partial charge in [0.05, 0.1) is 6.21 Å². The molecule has 3 saturated carbocycles. The quantitative estimate of drug-likeness (QED) is 0.472. The Bertz CT molecular complexity index is 444. The molecule has 0 atom stereocenters. The van der Waals surface area contributed by atoms with Gasteiger partial charge in [0.2, 0.25) is 0 Å². The summed E-state index contributed by atoms with van der Waals surface area (Å²) < 4.78 is 0. The van der Waals surface area contributed by atoms with Crippen LogP contribution < -0.4 is 5.84 Å². The summed E-state index contributed by atoms with van der Waals surface area (Å²) in [6.45, 7) is 0. The molecule has 1 aromatic rings. The molecule has 0 heterocycles. The minimum Gasteiger partial charge on any atom is -0.323 e. The van der Waals surface area contributed by atoms with Gasteiger partial charge < -0.3 is 5.84 Å². The molecule has 4 rings (SSSR count). The lowest BCUT2D eigenvalue weighted by Crippen LogP contribution is -2.68. The fourth-order valence-electron chi connectivity index (χ4n) is 3.35. The van der Waals surface area contributed by atoms with E-state index < -0.39 is 0 Å². The van der Waals surface area contributed by atoms with Gasteiger partial charge in [-0.2, -0.15) is 5.10 Å². The Morgan fingerprint density at radius 2 is 1.88 bits per heavy atom. The second-order valence-corrected chi connectivity index (χ2v) is 5.10. The molecule has 0 saturated heterocycles. The molecule has 3 aliphatic carbocycles. The first-order chi connectivity index (χ1) is 7.71. The maximum absolute atomic E-state index is 11.7. The van der Waals surface area contributed by atoms with Crippen molar-refractivity contribution < 1.29 is 4.79 Å². The highest BCUT2D eigenvalue weighted by Gasteiger charge is 2.71. The summed E-state index contributed by atoms with van der Waals surface area (Å²) in [5, 5.41) is 3.33. The summed E-state index contributed by atoms with van der Waals surface area (Å²) in [6, 6.07) is 10.5. The monoisotopic (exact) mass is 214 g/mol. The van der Waals surface area contributed by atoms with Gasteiger partial charge in [0.1, 0.15) is 0 Å². The molecule has 0 aromatic heterocycles. The van der Waals surface area contributed by atoms with Crippen LogP contribution in [0.5, 0.6) is 0 Å². The van der Waals surface area contributed by atoms with Gasteiger partial charge in [0.15, 0.2) is 5.78 Å². The van der Waals surface area contributed by atoms with Gasteiger partial charge in [-0.15, -0.1) is 0 Å². The average molecular weight is 214 g/mol. The van der Waals surface area contributed by atoms with E-state index in [1.54, 1.807) is 0 Å². The number of nitrogens with two attached hydrogens (primary N) is 1. The Morgan fingerprint density at radius 1 is 1.25 bits per heavy atom. The zero-order valence-corrected chi connectivity index (χ0v) is 9.02. The lowest BCUT2D eigenvalue weighted by molar-refractivity contribution is -0.165. The summed E-state index contributed by atoms with van der Waals surface area (Å²) in [5.74, 6) is 5.12. The van der Waals surface area contributed by atoms with Gasteiger partial charge in [0.25, 0.3) is 0 Å². The second kappa shape index (κ2) is 2.94. The van der Waals surface area contributed by atoms with E-state index in [1.807, 2.05) is 6.07 Å². The van der Waals surface area contributed by atoms with Gasteiger partial charge >= 0.3 is 0 Å². The van der Waals surface area contributed by atoms with Crippen LogP contribution in [0.2, 0.25) is 0 Å². The summed E-state index contributed by atoms with van der Waals surface area (Å²) in [6.07, 6.45) is 4.17. The number of hydrogen-bond acceptors (Lipinski definition) is 3. The number of hydrogen-bond donors (Lipinski definition) is 1. The fourth-order valence-corrected chi connectivity index (χ4v) is 3.35. The van der Waals surface area contributed by atoms with Crippen LogP contribution in [0.4, 0.5) is 0 Å². The number of rotatable bonds is 3. The number of Topliss-reactive ketones (excluding diaryl/α,β-unsaturated/α-hetero) is 1. The van der Waals surface area contributed by atoms with Gasteiger partial charge in [-0.1, -0.05) is 30.3 Å². The standard InChI is InChI=1S/C13H14N2O/c14-15-6-11(16)13-7-12(8-13,9-13)10-4-2-1-3-5-10/h1-6H,7-9,14H2. The zero-order valence-electron chi connectivity index (χ0n) is 9.02. The molecule has 3 nitrogen and oxygen atoms in total. The van der Waals surface area contributed by atoms with E-state index in [1.165, 1.54) is 11.8 Å². The largest absolute Gasteiger partial charge is 0.323 e. The van der Waals surface area contributed by atoms with Crippen LogP contribution in [0.3, 0.4) is 0 Å². The maximum Gasteiger partial charge on any atom is 0.181 e. The number of hydrazone groups is 1. The molecule has 16 heavy (non-hydrogen) atoms. The van der Waals surface area contributed by atoms with Crippen LogP contribution in [-0.2, 0) is 10.2 Å². The average Bonchev–Trinajstić information content (AvgIpc) is 2.15. The van der Waals surface area contributed by atoms with Crippen molar-refractivity contribution in [3.8, 4) is 0 Å². The molecule has 1 aromatic carbocycles. The normalized spacial score (nSPS) is 35.5. The minimum absolute atomic E-state index is 0.104. The predicted molar refractivity (Wildman–Crippen MR) is 62.1 cm³/mol. The minimum atomic E-state index is -0.126. The van der Waals surface area contributed by atoms with Crippen molar-refractivity contribution in [2.75, 3.05) is 0 Å². The Labute approximate surface area is 94.3 Å². The molecule has 2 N–H and O–H groups in total. The first-order valence-electron chi connectivity index (χ1n) is 5.54. The van der Waals surface area contributed by atoms with Crippen LogP contribution in [0.25, 0.3) is 0 Å². The van der Waals surface area contributed by atoms with Crippen LogP contribution >= 0.6 is 0 Å². The summed E-state index contributed by atoms with van der Waals surface area (Å²) >= 11 is 0. The van der Waals surface area contributed by atoms with Crippen molar-refractivity contribution >= 4 is 12.0 Å². The van der Waals surface area contributed by atoms with E-state index in [9.17, 15) is 4.79 Å². The molecule has 3 aliphatic rings. The fraction of sp³-hybridized carbons (Fsp3) is 0.385. The molecule has 0 aliphatic heterocycles. The van der Waals surface area contributed by atoms with Crippen LogP contribution in [-0.4, -0.2) is 12.0 Å². The predicted octanol–water partition coefficient (Wildman–Crippen LogP) is 1.62. The van der Waals surface area contributed by atoms with Crippen LogP contribution in [0.15, 0.2) is 35.4 Å². The molecule has 3 heteroatoms. The molecule has 0 radical (unpaired) electrons. The number of ketones is 1. The van der Waals surface area contributed by atoms with Gasteiger partial charge in [-0.3, -0.25) is 4.79 Å². The third kappa shape index (κ3) is 1.03. The SMILES string of the molecule is NN=CC(=O)C12CC(c3ccccc3)(C1)C2. The van der Waals surface area contributed by atoms with Gasteiger partial charge in [-0.25, -0.2) is 0 Å². The smallest absolute Gasteiger partial charge is 0.181 e. The Hall–Kier alpha value is -1.64. The molecule has 2 bridgehead atoms. The summed E-state index contributed by atoms with van der Waals surface area (Å²) in [5.41, 5.74) is 1.52. The van der Waals surface area contributed by atoms with E-state index in [0.717, 1.165) is 19.3 Å². The van der Waals surface area contributed by atoms with Crippen molar-refractivity contribution in [3.63, 3.8) is 0 Å². The van der Waals surface area contributed by atoms with Crippen LogP contribution in [0, 0.1) is 5.41 Å². The second-order valence-electron chi connectivity index (χ2n) is 5.10. The topological polar surface area (TPSA) is 55.4 Å². The van der Waals surface area contributed by atoms with Crippen molar-refractivity contribution in [2.24, 2.45) is 16.4 Å². The Kier molecular flexibility index (Phi) is 1.76. The molecule has 82 valence electrons. The molecule has 0 spiro atoms. The van der Waals surface area contributed by atoms with Crippen molar-refractivity contribution in [3.05, 3.63) is 35.9 Å². The lowest BCUT2D eigenvalue weighted by atomic mass is 9.32. The third-order valence-electron chi connectivity index (χ3n) is 4.13. The van der Waals surface area contributed by atoms with Gasteiger partial charge in [-0.05, 0) is 30.2 Å². The highest BCUT2D eigenvalue weighted by atomic mass is 16.1. The highest BCUT2D eigenvalue weighted by molar-refractivity contribution is 6.31. The van der Waals surface area contributed by atoms with Gasteiger partial charge in [0, 0.05) is 5.41 Å². The number of benzene rings is 1. The number of nitrogens with zero attached hydrogens (tertiary/aromatic N) is 1. The Morgan fingerprint density at radius 3 is 2.44 bits per heavy atom. The molecular formula is C13H14N2O. The molecule has 0 amide bonds. The summed E-state index contributed by atoms with van der Waals surface area (Å²) in [7, 11) is 0. The number of carbonyl (C=O) groups is 1. The van der Waals surface area contributed by atoms with E-state index in [4.69, 9.17) is 5.84 Å². The summed E-state index contributed by atoms with van der Waals surface area (Å²) in [4.78, 5) is 11.7. The van der Waals surface area contributed by atoms with E-state index >= 15 is 0 Å². The first-order valence-corrected chi connectivity index (χ1v) is 5.54. The molecule has 0 unspecified atom stereocenters. The zero-order chi connectivity index (χ0) is 11.2. The first kappa shape index (κ1) is 9.58. The van der Waals surface area contributed by atoms with Crippen molar-refractivity contribution in [1.82, 2.24) is 0 Å². The maximum atomic E-state index is 11.7. The lowest BCUT2D eigenvalue weighted by Gasteiger charge is -2.69. The highest BCUT2D eigenvalue weighted by Crippen LogP contribution is 2.73. The van der Waals surface area contributed by atoms with Crippen molar-refractivity contribution in [2.45, 2.75) is 24.7 Å². The third-order valence-corrected chi connectivity index (χ3v) is 4.13. The Balaban J connectivity index is 1.77. The molecular weight excluding hydrogens is 200 g/mol. The van der Waals surface area contributed by atoms with E-state index in [2.05, 4.69) is 29.4 Å². The number of carbonyl (C=O) groups excluding carboxylic acids is 1. The van der Waals surface area contributed by atoms with Crippen LogP contribution in [0.1, 0.15) is 24.8 Å². The van der Waals surface area contributed by atoms with Crippen molar-refractivity contribution in [1.29, 1.82) is 0 Å².